The smallest absolute Gasteiger partial charge is 0.312 e. The lowest BCUT2D eigenvalue weighted by molar-refractivity contribution is -0.163. The lowest BCUT2D eigenvalue weighted by atomic mass is 9.71. The van der Waals surface area contributed by atoms with E-state index in [0.29, 0.717) is 37.6 Å². The number of rotatable bonds is 5. The fourth-order valence-electron chi connectivity index (χ4n) is 3.29. The maximum Gasteiger partial charge on any atom is 0.312 e. The van der Waals surface area contributed by atoms with E-state index in [1.54, 1.807) is 6.20 Å². The highest BCUT2D eigenvalue weighted by Crippen LogP contribution is 2.36. The molecule has 0 spiro atoms. The normalized spacial score (nSPS) is 24.8. The molecule has 2 atom stereocenters. The minimum Gasteiger partial charge on any atom is -0.481 e. The van der Waals surface area contributed by atoms with Crippen LogP contribution in [0.25, 0.3) is 0 Å². The number of carboxylic acids is 1. The first kappa shape index (κ1) is 16.9. The Balaban J connectivity index is 1.72. The molecule has 1 aliphatic rings. The highest BCUT2D eigenvalue weighted by Gasteiger charge is 2.48. The molecule has 2 heterocycles. The van der Waals surface area contributed by atoms with Crippen molar-refractivity contribution in [3.63, 3.8) is 0 Å². The average molecular weight is 347 g/mol. The molecule has 0 bridgehead atoms. The number of nitrogen functional groups attached to an aromatic ring is 1. The summed E-state index contributed by atoms with van der Waals surface area (Å²) in [6.07, 6.45) is 1.56. The van der Waals surface area contributed by atoms with E-state index in [9.17, 15) is 15.0 Å². The van der Waals surface area contributed by atoms with E-state index in [4.69, 9.17) is 5.73 Å². The second-order valence-corrected chi connectivity index (χ2v) is 7.44. The van der Waals surface area contributed by atoms with Crippen LogP contribution in [0.5, 0.6) is 0 Å². The zero-order valence-electron chi connectivity index (χ0n) is 13.3. The fourth-order valence-corrected chi connectivity index (χ4v) is 4.01. The number of aromatic nitrogens is 1. The minimum atomic E-state index is -1.13. The Morgan fingerprint density at radius 3 is 2.75 bits per heavy atom. The van der Waals surface area contributed by atoms with Crippen LogP contribution in [0.1, 0.15) is 16.9 Å². The summed E-state index contributed by atoms with van der Waals surface area (Å²) in [5.74, 6) is -0.930. The van der Waals surface area contributed by atoms with Gasteiger partial charge in [0.25, 0.3) is 0 Å². The van der Waals surface area contributed by atoms with Gasteiger partial charge < -0.3 is 15.9 Å². The van der Waals surface area contributed by atoms with Gasteiger partial charge in [0.05, 0.1) is 6.10 Å². The fraction of sp³-hybridized carbons (Fsp3) is 0.412. The lowest BCUT2D eigenvalue weighted by Gasteiger charge is -2.42. The van der Waals surface area contributed by atoms with Gasteiger partial charge in [-0.1, -0.05) is 30.3 Å². The number of carboxylic acid groups (broad SMARTS) is 1. The van der Waals surface area contributed by atoms with Crippen LogP contribution in [0.15, 0.2) is 36.5 Å². The monoisotopic (exact) mass is 347 g/mol. The first-order valence-corrected chi connectivity index (χ1v) is 8.69. The molecule has 2 aromatic rings. The summed E-state index contributed by atoms with van der Waals surface area (Å²) < 4.78 is 0. The number of carbonyl (C=O) groups is 1. The zero-order chi connectivity index (χ0) is 17.2. The molecule has 1 aliphatic heterocycles. The summed E-state index contributed by atoms with van der Waals surface area (Å²) in [7, 11) is 0. The number of aliphatic carboxylic acids is 1. The van der Waals surface area contributed by atoms with Crippen molar-refractivity contribution in [1.82, 2.24) is 9.88 Å². The van der Waals surface area contributed by atoms with Gasteiger partial charge in [-0.05, 0) is 24.9 Å². The number of β-amino-alcohol motifs (C(OH)–C–C–N with tert-alkyl or cyclic N) is 1. The molecule has 0 aliphatic carbocycles. The van der Waals surface area contributed by atoms with Gasteiger partial charge >= 0.3 is 5.97 Å². The average Bonchev–Trinajstić information content (AvgIpc) is 2.96. The van der Waals surface area contributed by atoms with E-state index in [1.165, 1.54) is 11.3 Å². The van der Waals surface area contributed by atoms with Crippen molar-refractivity contribution in [2.24, 2.45) is 5.41 Å². The van der Waals surface area contributed by atoms with Crippen molar-refractivity contribution in [3.05, 3.63) is 47.0 Å². The number of aliphatic hydroxyl groups excluding tert-OH is 1. The molecule has 0 saturated carbocycles. The molecular formula is C17H21N3O3S. The molecule has 1 aromatic heterocycles. The minimum absolute atomic E-state index is 0.330. The Kier molecular flexibility index (Phi) is 4.84. The number of thiazole rings is 1. The Morgan fingerprint density at radius 2 is 2.17 bits per heavy atom. The summed E-state index contributed by atoms with van der Waals surface area (Å²) in [5, 5.41) is 21.0. The van der Waals surface area contributed by atoms with Crippen LogP contribution in [0.3, 0.4) is 0 Å². The van der Waals surface area contributed by atoms with Gasteiger partial charge in [-0.2, -0.15) is 0 Å². The van der Waals surface area contributed by atoms with Crippen molar-refractivity contribution >= 4 is 22.4 Å². The molecule has 1 saturated heterocycles. The van der Waals surface area contributed by atoms with Crippen LogP contribution in [-0.4, -0.2) is 45.3 Å². The van der Waals surface area contributed by atoms with Crippen LogP contribution in [0, 0.1) is 5.41 Å². The summed E-state index contributed by atoms with van der Waals surface area (Å²) >= 11 is 1.42. The van der Waals surface area contributed by atoms with Gasteiger partial charge in [0.1, 0.15) is 5.41 Å². The van der Waals surface area contributed by atoms with Gasteiger partial charge in [-0.15, -0.1) is 11.3 Å². The number of benzene rings is 1. The molecule has 7 heteroatoms. The number of anilines is 1. The summed E-state index contributed by atoms with van der Waals surface area (Å²) in [4.78, 5) is 19.1. The summed E-state index contributed by atoms with van der Waals surface area (Å²) in [5.41, 5.74) is 5.44. The molecule has 6 nitrogen and oxygen atoms in total. The Morgan fingerprint density at radius 1 is 1.42 bits per heavy atom. The van der Waals surface area contributed by atoms with E-state index < -0.39 is 17.5 Å². The van der Waals surface area contributed by atoms with Gasteiger partial charge in [0.15, 0.2) is 5.13 Å². The van der Waals surface area contributed by atoms with E-state index in [-0.39, 0.29) is 0 Å². The number of piperidine rings is 1. The predicted octanol–water partition coefficient (Wildman–Crippen LogP) is 1.61. The summed E-state index contributed by atoms with van der Waals surface area (Å²) in [6.45, 7) is 1.58. The molecule has 1 aromatic carbocycles. The second-order valence-electron chi connectivity index (χ2n) is 6.29. The molecule has 0 radical (unpaired) electrons. The van der Waals surface area contributed by atoms with Crippen LogP contribution >= 0.6 is 11.3 Å². The Bertz CT molecular complexity index is 706. The first-order chi connectivity index (χ1) is 11.5. The Hall–Kier alpha value is -1.96. The van der Waals surface area contributed by atoms with E-state index in [0.717, 1.165) is 10.4 Å². The molecule has 0 amide bonds. The molecule has 4 N–H and O–H groups in total. The zero-order valence-corrected chi connectivity index (χ0v) is 14.1. The molecule has 1 fully saturated rings. The molecular weight excluding hydrogens is 326 g/mol. The number of aliphatic hydroxyl groups is 1. The number of nitrogens with two attached hydrogens (primary N) is 1. The molecule has 128 valence electrons. The third-order valence-corrected chi connectivity index (χ3v) is 5.49. The molecule has 0 unspecified atom stereocenters. The number of nitrogens with zero attached hydrogens (tertiary/aromatic N) is 2. The van der Waals surface area contributed by atoms with Crippen molar-refractivity contribution in [2.45, 2.75) is 25.5 Å². The highest BCUT2D eigenvalue weighted by molar-refractivity contribution is 7.15. The van der Waals surface area contributed by atoms with Crippen LogP contribution < -0.4 is 5.73 Å². The second kappa shape index (κ2) is 6.88. The van der Waals surface area contributed by atoms with Crippen LogP contribution in [0.2, 0.25) is 0 Å². The lowest BCUT2D eigenvalue weighted by Crippen LogP contribution is -2.55. The number of hydrogen-bond acceptors (Lipinski definition) is 6. The van der Waals surface area contributed by atoms with Crippen molar-refractivity contribution in [2.75, 3.05) is 18.8 Å². The number of likely N-dealkylation sites (tertiary alicyclic amines) is 1. The quantitative estimate of drug-likeness (QED) is 0.760. The first-order valence-electron chi connectivity index (χ1n) is 7.87. The molecule has 24 heavy (non-hydrogen) atoms. The van der Waals surface area contributed by atoms with Crippen molar-refractivity contribution < 1.29 is 15.0 Å². The largest absolute Gasteiger partial charge is 0.481 e. The van der Waals surface area contributed by atoms with Gasteiger partial charge in [0, 0.05) is 24.2 Å². The van der Waals surface area contributed by atoms with Crippen LogP contribution in [0.4, 0.5) is 5.13 Å². The topological polar surface area (TPSA) is 99.7 Å². The Labute approximate surface area is 144 Å². The van der Waals surface area contributed by atoms with Gasteiger partial charge in [0.2, 0.25) is 0 Å². The predicted molar refractivity (Wildman–Crippen MR) is 92.6 cm³/mol. The van der Waals surface area contributed by atoms with E-state index >= 15 is 0 Å². The summed E-state index contributed by atoms with van der Waals surface area (Å²) in [6, 6.07) is 9.49. The maximum atomic E-state index is 12.0. The van der Waals surface area contributed by atoms with Gasteiger partial charge in [-0.3, -0.25) is 9.69 Å². The third kappa shape index (κ3) is 3.43. The number of hydrogen-bond donors (Lipinski definition) is 3. The van der Waals surface area contributed by atoms with Crippen LogP contribution in [-0.2, 0) is 17.8 Å². The highest BCUT2D eigenvalue weighted by atomic mass is 32.1. The molecule has 3 rings (SSSR count). The van der Waals surface area contributed by atoms with Crippen molar-refractivity contribution in [1.29, 1.82) is 0 Å². The standard InChI is InChI=1S/C17H21N3O3S/c18-16-19-9-13(24-16)10-20-7-6-17(15(22)23,14(21)11-20)8-12-4-2-1-3-5-12/h1-5,9,14,21H,6-8,10-11H2,(H2,18,19)(H,22,23)/t14-,17+/m0/s1. The van der Waals surface area contributed by atoms with Crippen molar-refractivity contribution in [3.8, 4) is 0 Å². The SMILES string of the molecule is Nc1ncc(CN2CC[C@](Cc3ccccc3)(C(=O)O)[C@@H](O)C2)s1. The third-order valence-electron chi connectivity index (χ3n) is 4.68. The van der Waals surface area contributed by atoms with E-state index in [1.807, 2.05) is 30.3 Å². The van der Waals surface area contributed by atoms with E-state index in [2.05, 4.69) is 9.88 Å². The van der Waals surface area contributed by atoms with Gasteiger partial charge in [-0.25, -0.2) is 4.98 Å². The maximum absolute atomic E-state index is 12.0.